The quantitative estimate of drug-likeness (QED) is 0.347. The van der Waals surface area contributed by atoms with Gasteiger partial charge < -0.3 is 19.3 Å². The van der Waals surface area contributed by atoms with Crippen molar-refractivity contribution in [3.05, 3.63) is 83.6 Å². The maximum Gasteiger partial charge on any atom is 0.301 e. The zero-order chi connectivity index (χ0) is 23.8. The first-order chi connectivity index (χ1) is 16.4. The van der Waals surface area contributed by atoms with Gasteiger partial charge in [0.1, 0.15) is 17.3 Å². The van der Waals surface area contributed by atoms with E-state index in [1.54, 1.807) is 66.9 Å². The monoisotopic (exact) mass is 458 g/mol. The van der Waals surface area contributed by atoms with E-state index in [0.717, 1.165) is 0 Å². The standard InChI is InChI=1S/C26H22N2O6/c1-15(2)34-18-9-6-16(7-10-18)24(29)22-23(17-8-11-19-20(13-17)33-14-32-19)28(26(31)25(22)30)21-5-3-4-12-27-21/h3-13,15,23,29H,14H2,1-2H3/t23-/m0/s1. The third-order valence-electron chi connectivity index (χ3n) is 5.55. The van der Waals surface area contributed by atoms with Gasteiger partial charge in [-0.1, -0.05) is 12.1 Å². The Labute approximate surface area is 196 Å². The number of carbonyl (C=O) groups is 2. The van der Waals surface area contributed by atoms with Crippen LogP contribution in [0.3, 0.4) is 0 Å². The molecule has 0 spiro atoms. The number of nitrogens with zero attached hydrogens (tertiary/aromatic N) is 2. The number of rotatable bonds is 5. The number of aromatic nitrogens is 1. The predicted molar refractivity (Wildman–Crippen MR) is 124 cm³/mol. The van der Waals surface area contributed by atoms with E-state index in [-0.39, 0.29) is 24.2 Å². The van der Waals surface area contributed by atoms with Crippen molar-refractivity contribution in [2.24, 2.45) is 0 Å². The summed E-state index contributed by atoms with van der Waals surface area (Å²) < 4.78 is 16.6. The van der Waals surface area contributed by atoms with Gasteiger partial charge in [-0.15, -0.1) is 0 Å². The van der Waals surface area contributed by atoms with Gasteiger partial charge in [-0.3, -0.25) is 14.5 Å². The van der Waals surface area contributed by atoms with Crippen LogP contribution in [-0.2, 0) is 9.59 Å². The zero-order valence-electron chi connectivity index (χ0n) is 18.6. The average Bonchev–Trinajstić information content (AvgIpc) is 3.41. The number of pyridine rings is 1. The molecule has 5 rings (SSSR count). The number of carbonyl (C=O) groups excluding carboxylic acids is 2. The topological polar surface area (TPSA) is 98.2 Å². The summed E-state index contributed by atoms with van der Waals surface area (Å²) in [6.07, 6.45) is 1.54. The Morgan fingerprint density at radius 1 is 1.06 bits per heavy atom. The summed E-state index contributed by atoms with van der Waals surface area (Å²) in [6.45, 7) is 3.92. The molecule has 2 aliphatic rings. The molecule has 1 saturated heterocycles. The van der Waals surface area contributed by atoms with Gasteiger partial charge in [0.15, 0.2) is 11.5 Å². The van der Waals surface area contributed by atoms with Gasteiger partial charge >= 0.3 is 5.91 Å². The van der Waals surface area contributed by atoms with Crippen LogP contribution < -0.4 is 19.1 Å². The summed E-state index contributed by atoms with van der Waals surface area (Å²) in [5, 5.41) is 11.2. The predicted octanol–water partition coefficient (Wildman–Crippen LogP) is 4.22. The first kappa shape index (κ1) is 21.5. The number of hydrogen-bond donors (Lipinski definition) is 1. The first-order valence-electron chi connectivity index (χ1n) is 10.8. The summed E-state index contributed by atoms with van der Waals surface area (Å²) in [5.74, 6) is 0.143. The summed E-state index contributed by atoms with van der Waals surface area (Å²) in [4.78, 5) is 31.9. The van der Waals surface area contributed by atoms with Crippen LogP contribution in [0.4, 0.5) is 5.82 Å². The highest BCUT2D eigenvalue weighted by Crippen LogP contribution is 2.44. The van der Waals surface area contributed by atoms with Crippen LogP contribution in [0.25, 0.3) is 5.76 Å². The Morgan fingerprint density at radius 2 is 1.82 bits per heavy atom. The van der Waals surface area contributed by atoms with E-state index in [1.807, 2.05) is 13.8 Å². The number of anilines is 1. The van der Waals surface area contributed by atoms with Gasteiger partial charge in [0, 0.05) is 11.8 Å². The van der Waals surface area contributed by atoms with Crippen molar-refractivity contribution in [3.8, 4) is 17.2 Å². The third kappa shape index (κ3) is 3.73. The molecule has 0 saturated carbocycles. The molecule has 0 aliphatic carbocycles. The molecule has 1 amide bonds. The van der Waals surface area contributed by atoms with Gasteiger partial charge in [0.2, 0.25) is 6.79 Å². The minimum absolute atomic E-state index is 0.00542. The molecule has 0 radical (unpaired) electrons. The molecule has 2 aromatic carbocycles. The average molecular weight is 458 g/mol. The molecule has 8 nitrogen and oxygen atoms in total. The molecule has 8 heteroatoms. The molecule has 172 valence electrons. The third-order valence-corrected chi connectivity index (χ3v) is 5.55. The Balaban J connectivity index is 1.65. The van der Waals surface area contributed by atoms with Crippen LogP contribution >= 0.6 is 0 Å². The zero-order valence-corrected chi connectivity index (χ0v) is 18.6. The minimum atomic E-state index is -0.906. The number of aliphatic hydroxyl groups excluding tert-OH is 1. The van der Waals surface area contributed by atoms with Gasteiger partial charge in [-0.25, -0.2) is 4.98 Å². The lowest BCUT2D eigenvalue weighted by molar-refractivity contribution is -0.132. The van der Waals surface area contributed by atoms with Gasteiger partial charge in [0.05, 0.1) is 17.7 Å². The van der Waals surface area contributed by atoms with Crippen molar-refractivity contribution in [1.29, 1.82) is 0 Å². The smallest absolute Gasteiger partial charge is 0.301 e. The molecular weight excluding hydrogens is 436 g/mol. The van der Waals surface area contributed by atoms with Crippen LogP contribution in [0.2, 0.25) is 0 Å². The lowest BCUT2D eigenvalue weighted by Crippen LogP contribution is -2.30. The maximum atomic E-state index is 13.2. The summed E-state index contributed by atoms with van der Waals surface area (Å²) in [5.41, 5.74) is 0.934. The SMILES string of the molecule is CC(C)Oc1ccc(C(O)=C2C(=O)C(=O)N(c3ccccn3)[C@H]2c2ccc3c(c2)OCO3)cc1. The molecule has 3 heterocycles. The van der Waals surface area contributed by atoms with Crippen LogP contribution in [0, 0.1) is 0 Å². The minimum Gasteiger partial charge on any atom is -0.507 e. The Bertz CT molecular complexity index is 1280. The lowest BCUT2D eigenvalue weighted by Gasteiger charge is -2.24. The van der Waals surface area contributed by atoms with Gasteiger partial charge in [-0.05, 0) is 67.9 Å². The highest BCUT2D eigenvalue weighted by molar-refractivity contribution is 6.51. The number of ether oxygens (including phenoxy) is 3. The van der Waals surface area contributed by atoms with E-state index in [1.165, 1.54) is 4.90 Å². The van der Waals surface area contributed by atoms with E-state index in [4.69, 9.17) is 14.2 Å². The first-order valence-corrected chi connectivity index (χ1v) is 10.8. The lowest BCUT2D eigenvalue weighted by atomic mass is 9.95. The highest BCUT2D eigenvalue weighted by Gasteiger charge is 2.47. The maximum absolute atomic E-state index is 13.2. The van der Waals surface area contributed by atoms with Gasteiger partial charge in [-0.2, -0.15) is 0 Å². The molecule has 3 aromatic rings. The van der Waals surface area contributed by atoms with Crippen molar-refractivity contribution in [2.45, 2.75) is 26.0 Å². The molecular formula is C26H22N2O6. The number of benzene rings is 2. The van der Waals surface area contributed by atoms with Gasteiger partial charge in [0.25, 0.3) is 5.78 Å². The fourth-order valence-electron chi connectivity index (χ4n) is 4.08. The van der Waals surface area contributed by atoms with Crippen LogP contribution in [0.1, 0.15) is 31.0 Å². The van der Waals surface area contributed by atoms with Crippen molar-refractivity contribution in [3.63, 3.8) is 0 Å². The van der Waals surface area contributed by atoms with E-state index >= 15 is 0 Å². The summed E-state index contributed by atoms with van der Waals surface area (Å²) in [7, 11) is 0. The summed E-state index contributed by atoms with van der Waals surface area (Å²) >= 11 is 0. The fourth-order valence-corrected chi connectivity index (χ4v) is 4.08. The van der Waals surface area contributed by atoms with Crippen molar-refractivity contribution < 1.29 is 28.9 Å². The van der Waals surface area contributed by atoms with Crippen molar-refractivity contribution >= 4 is 23.3 Å². The molecule has 34 heavy (non-hydrogen) atoms. The fraction of sp³-hybridized carbons (Fsp3) is 0.192. The Hall–Kier alpha value is -4.33. The Morgan fingerprint density at radius 3 is 2.53 bits per heavy atom. The number of aliphatic hydroxyl groups is 1. The molecule has 0 unspecified atom stereocenters. The van der Waals surface area contributed by atoms with Crippen LogP contribution in [0.15, 0.2) is 72.4 Å². The molecule has 0 bridgehead atoms. The van der Waals surface area contributed by atoms with E-state index in [9.17, 15) is 14.7 Å². The highest BCUT2D eigenvalue weighted by atomic mass is 16.7. The normalized spacial score (nSPS) is 18.6. The van der Waals surface area contributed by atoms with Crippen LogP contribution in [-0.4, -0.2) is 34.7 Å². The van der Waals surface area contributed by atoms with Crippen molar-refractivity contribution in [1.82, 2.24) is 4.98 Å². The second kappa shape index (κ2) is 8.55. The van der Waals surface area contributed by atoms with E-state index < -0.39 is 17.7 Å². The molecule has 2 aliphatic heterocycles. The summed E-state index contributed by atoms with van der Waals surface area (Å²) in [6, 6.07) is 16.1. The molecule has 1 N–H and O–H groups in total. The number of hydrogen-bond acceptors (Lipinski definition) is 7. The van der Waals surface area contributed by atoms with Crippen LogP contribution in [0.5, 0.6) is 17.2 Å². The number of ketones is 1. The largest absolute Gasteiger partial charge is 0.507 e. The molecule has 1 fully saturated rings. The second-order valence-electron chi connectivity index (χ2n) is 8.16. The number of amides is 1. The van der Waals surface area contributed by atoms with E-state index in [2.05, 4.69) is 4.98 Å². The number of fused-ring (bicyclic) bond motifs is 1. The van der Waals surface area contributed by atoms with E-state index in [0.29, 0.717) is 34.2 Å². The van der Waals surface area contributed by atoms with Crippen molar-refractivity contribution in [2.75, 3.05) is 11.7 Å². The molecule has 1 aromatic heterocycles. The molecule has 1 atom stereocenters. The Kier molecular flexibility index (Phi) is 5.41. The number of Topliss-reactive ketones (excluding diaryl/α,β-unsaturated/α-hetero) is 1. The second-order valence-corrected chi connectivity index (χ2v) is 8.16.